The molecule has 3 rings (SSSR count). The molecule has 0 bridgehead atoms. The molecule has 0 aromatic carbocycles. The first-order chi connectivity index (χ1) is 10.4. The summed E-state index contributed by atoms with van der Waals surface area (Å²) in [6, 6.07) is 3.10. The third-order valence-electron chi connectivity index (χ3n) is 2.82. The number of nitrogens with two attached hydrogens (primary N) is 1. The molecule has 2 N–H and O–H groups in total. The highest BCUT2D eigenvalue weighted by Crippen LogP contribution is 2.44. The zero-order chi connectivity index (χ0) is 15.9. The van der Waals surface area contributed by atoms with Gasteiger partial charge in [-0.15, -0.1) is 11.3 Å². The number of alkyl halides is 3. The summed E-state index contributed by atoms with van der Waals surface area (Å²) in [4.78, 5) is 7.77. The number of nitrogens with zero attached hydrogens (tertiary/aromatic N) is 4. The second kappa shape index (κ2) is 5.36. The molecule has 0 radical (unpaired) electrons. The van der Waals surface area contributed by atoms with E-state index in [2.05, 4.69) is 31.0 Å². The number of hydrogen-bond donors (Lipinski definition) is 1. The van der Waals surface area contributed by atoms with Gasteiger partial charge in [-0.05, 0) is 33.4 Å². The molecule has 0 aliphatic carbocycles. The largest absolute Gasteiger partial charge is 0.435 e. The van der Waals surface area contributed by atoms with Gasteiger partial charge in [0.25, 0.3) is 5.95 Å². The molecular weight excluding hydrogens is 383 g/mol. The monoisotopic (exact) mass is 389 g/mol. The van der Waals surface area contributed by atoms with E-state index in [4.69, 9.17) is 5.73 Å². The van der Waals surface area contributed by atoms with Crippen molar-refractivity contribution in [3.8, 4) is 17.1 Å². The van der Waals surface area contributed by atoms with E-state index in [0.717, 1.165) is 4.68 Å². The van der Waals surface area contributed by atoms with Gasteiger partial charge in [-0.25, -0.2) is 9.97 Å². The molecule has 22 heavy (non-hydrogen) atoms. The van der Waals surface area contributed by atoms with Crippen LogP contribution >= 0.6 is 27.3 Å². The van der Waals surface area contributed by atoms with Crippen molar-refractivity contribution in [2.24, 2.45) is 0 Å². The van der Waals surface area contributed by atoms with Gasteiger partial charge in [0.1, 0.15) is 5.82 Å². The number of aromatic nitrogens is 4. The predicted molar refractivity (Wildman–Crippen MR) is 79.6 cm³/mol. The Labute approximate surface area is 134 Å². The maximum absolute atomic E-state index is 13.3. The highest BCUT2D eigenvalue weighted by Gasteiger charge is 2.40. The van der Waals surface area contributed by atoms with E-state index in [1.165, 1.54) is 23.7 Å². The van der Waals surface area contributed by atoms with E-state index >= 15 is 0 Å². The van der Waals surface area contributed by atoms with Crippen molar-refractivity contribution < 1.29 is 13.2 Å². The Morgan fingerprint density at radius 2 is 1.91 bits per heavy atom. The van der Waals surface area contributed by atoms with Gasteiger partial charge in [-0.3, -0.25) is 0 Å². The minimum atomic E-state index is -4.65. The lowest BCUT2D eigenvalue weighted by atomic mass is 10.1. The van der Waals surface area contributed by atoms with Crippen LogP contribution in [0, 0.1) is 0 Å². The zero-order valence-corrected chi connectivity index (χ0v) is 13.1. The van der Waals surface area contributed by atoms with Crippen molar-refractivity contribution in [1.29, 1.82) is 0 Å². The van der Waals surface area contributed by atoms with Gasteiger partial charge < -0.3 is 5.73 Å². The van der Waals surface area contributed by atoms with E-state index in [0.29, 0.717) is 9.35 Å². The second-order valence-electron chi connectivity index (χ2n) is 4.18. The molecule has 0 saturated carbocycles. The van der Waals surface area contributed by atoms with Gasteiger partial charge in [-0.1, -0.05) is 0 Å². The summed E-state index contributed by atoms with van der Waals surface area (Å²) in [6.45, 7) is 0. The van der Waals surface area contributed by atoms with Gasteiger partial charge in [0.05, 0.1) is 9.35 Å². The third-order valence-corrected chi connectivity index (χ3v) is 4.51. The van der Waals surface area contributed by atoms with E-state index in [1.807, 2.05) is 0 Å². The van der Waals surface area contributed by atoms with Crippen LogP contribution < -0.4 is 5.73 Å². The highest BCUT2D eigenvalue weighted by atomic mass is 79.9. The summed E-state index contributed by atoms with van der Waals surface area (Å²) in [6.07, 6.45) is -1.85. The molecule has 0 amide bonds. The molecular formula is C12H7BrF3N5S. The fraction of sp³-hybridized carbons (Fsp3) is 0.0833. The van der Waals surface area contributed by atoms with E-state index in [9.17, 15) is 13.2 Å². The van der Waals surface area contributed by atoms with Gasteiger partial charge in [0.2, 0.25) is 0 Å². The topological polar surface area (TPSA) is 69.6 Å². The molecule has 0 aliphatic heterocycles. The maximum Gasteiger partial charge on any atom is 0.435 e. The number of nitrogen functional groups attached to an aromatic ring is 1. The lowest BCUT2D eigenvalue weighted by molar-refractivity contribution is -0.140. The number of thiophene rings is 1. The third kappa shape index (κ3) is 2.48. The van der Waals surface area contributed by atoms with E-state index < -0.39 is 11.9 Å². The summed E-state index contributed by atoms with van der Waals surface area (Å²) >= 11 is 4.49. The highest BCUT2D eigenvalue weighted by molar-refractivity contribution is 9.11. The first kappa shape index (κ1) is 15.0. The van der Waals surface area contributed by atoms with Crippen molar-refractivity contribution in [2.45, 2.75) is 6.18 Å². The number of hydrogen-bond acceptors (Lipinski definition) is 5. The zero-order valence-electron chi connectivity index (χ0n) is 10.7. The molecule has 3 aromatic heterocycles. The quantitative estimate of drug-likeness (QED) is 0.724. The fourth-order valence-corrected chi connectivity index (χ4v) is 3.20. The second-order valence-corrected chi connectivity index (χ2v) is 6.41. The van der Waals surface area contributed by atoms with Crippen LogP contribution in [0.2, 0.25) is 0 Å². The number of halogens is 4. The molecule has 114 valence electrons. The molecule has 0 aliphatic rings. The minimum Gasteiger partial charge on any atom is -0.383 e. The molecule has 0 atom stereocenters. The Morgan fingerprint density at radius 3 is 2.45 bits per heavy atom. The number of rotatable bonds is 2. The summed E-state index contributed by atoms with van der Waals surface area (Å²) in [5.41, 5.74) is 4.97. The lowest BCUT2D eigenvalue weighted by Crippen LogP contribution is -2.09. The first-order valence-corrected chi connectivity index (χ1v) is 7.53. The molecule has 0 spiro atoms. The summed E-state index contributed by atoms with van der Waals surface area (Å²) in [5, 5.41) is 5.24. The molecule has 0 fully saturated rings. The standard InChI is InChI=1S/C12H7BrF3N5S/c13-9-6(2-5-22-9)7-8(12(14,15)16)20-21(10(7)17)11-18-3-1-4-19-11/h1-5H,17H2. The van der Waals surface area contributed by atoms with Crippen LogP contribution in [0.4, 0.5) is 19.0 Å². The van der Waals surface area contributed by atoms with Crippen LogP contribution in [-0.2, 0) is 6.18 Å². The van der Waals surface area contributed by atoms with Crippen molar-refractivity contribution in [2.75, 3.05) is 5.73 Å². The molecule has 3 aromatic rings. The first-order valence-electron chi connectivity index (χ1n) is 5.86. The number of anilines is 1. The van der Waals surface area contributed by atoms with Gasteiger partial charge >= 0.3 is 6.18 Å². The molecule has 3 heterocycles. The average molecular weight is 390 g/mol. The smallest absolute Gasteiger partial charge is 0.383 e. The Bertz CT molecular complexity index is 812. The van der Waals surface area contributed by atoms with Crippen LogP contribution in [0.3, 0.4) is 0 Å². The van der Waals surface area contributed by atoms with E-state index in [-0.39, 0.29) is 17.3 Å². The summed E-state index contributed by atoms with van der Waals surface area (Å²) in [5.74, 6) is -0.194. The van der Waals surface area contributed by atoms with Gasteiger partial charge in [0, 0.05) is 18.0 Å². The van der Waals surface area contributed by atoms with E-state index in [1.54, 1.807) is 17.5 Å². The fourth-order valence-electron chi connectivity index (χ4n) is 1.92. The lowest BCUT2D eigenvalue weighted by Gasteiger charge is -2.05. The van der Waals surface area contributed by atoms with Crippen LogP contribution in [-0.4, -0.2) is 19.7 Å². The normalized spacial score (nSPS) is 11.8. The van der Waals surface area contributed by atoms with Crippen LogP contribution in [0.5, 0.6) is 0 Å². The SMILES string of the molecule is Nc1c(-c2ccsc2Br)c(C(F)(F)F)nn1-c1ncccn1. The molecule has 0 unspecified atom stereocenters. The molecule has 0 saturated heterocycles. The summed E-state index contributed by atoms with van der Waals surface area (Å²) < 4.78 is 41.3. The Hall–Kier alpha value is -1.94. The Kier molecular flexibility index (Phi) is 3.65. The van der Waals surface area contributed by atoms with Gasteiger partial charge in [-0.2, -0.15) is 23.0 Å². The molecule has 10 heteroatoms. The van der Waals surface area contributed by atoms with Crippen LogP contribution in [0.1, 0.15) is 5.69 Å². The minimum absolute atomic E-state index is 0.0249. The summed E-state index contributed by atoms with van der Waals surface area (Å²) in [7, 11) is 0. The van der Waals surface area contributed by atoms with Crippen LogP contribution in [0.15, 0.2) is 33.7 Å². The predicted octanol–water partition coefficient (Wildman–Crippen LogP) is 3.75. The molecule has 5 nitrogen and oxygen atoms in total. The van der Waals surface area contributed by atoms with Gasteiger partial charge in [0.15, 0.2) is 5.69 Å². The van der Waals surface area contributed by atoms with Crippen LogP contribution in [0.25, 0.3) is 17.1 Å². The van der Waals surface area contributed by atoms with Crippen molar-refractivity contribution in [3.05, 3.63) is 39.4 Å². The Morgan fingerprint density at radius 1 is 1.23 bits per heavy atom. The van der Waals surface area contributed by atoms with Crippen molar-refractivity contribution in [1.82, 2.24) is 19.7 Å². The van der Waals surface area contributed by atoms with Crippen molar-refractivity contribution in [3.63, 3.8) is 0 Å². The van der Waals surface area contributed by atoms with Crippen molar-refractivity contribution >= 4 is 33.1 Å². The maximum atomic E-state index is 13.3. The Balaban J connectivity index is 2.29. The average Bonchev–Trinajstić information content (AvgIpc) is 3.02.